The van der Waals surface area contributed by atoms with Gasteiger partial charge in [0.1, 0.15) is 17.7 Å². The number of carbonyl (C=O) groups excluding carboxylic acids is 1. The summed E-state index contributed by atoms with van der Waals surface area (Å²) in [5.41, 5.74) is 0.529. The van der Waals surface area contributed by atoms with Crippen molar-refractivity contribution in [1.82, 2.24) is 19.2 Å². The van der Waals surface area contributed by atoms with Crippen LogP contribution in [0.1, 0.15) is 30.3 Å². The van der Waals surface area contributed by atoms with Crippen LogP contribution in [0.2, 0.25) is 0 Å². The molecule has 1 N–H and O–H groups in total. The topological polar surface area (TPSA) is 84.3 Å². The van der Waals surface area contributed by atoms with Gasteiger partial charge in [0.05, 0.1) is 4.90 Å². The highest BCUT2D eigenvalue weighted by Gasteiger charge is 2.34. The van der Waals surface area contributed by atoms with Crippen LogP contribution in [0.4, 0.5) is 13.2 Å². The molecule has 2 heterocycles. The molecule has 4 rings (SSSR count). The minimum Gasteiger partial charge on any atom is -0.342 e. The second kappa shape index (κ2) is 9.59. The Hall–Kier alpha value is -3.18. The fourth-order valence-electron chi connectivity index (χ4n) is 4.04. The van der Waals surface area contributed by atoms with E-state index in [0.717, 1.165) is 16.4 Å². The van der Waals surface area contributed by atoms with E-state index in [-0.39, 0.29) is 36.7 Å². The van der Waals surface area contributed by atoms with Crippen molar-refractivity contribution in [2.75, 3.05) is 13.1 Å². The number of imidazole rings is 1. The van der Waals surface area contributed by atoms with Crippen LogP contribution in [-0.4, -0.2) is 41.3 Å². The minimum atomic E-state index is -4.02. The third-order valence-corrected chi connectivity index (χ3v) is 7.83. The summed E-state index contributed by atoms with van der Waals surface area (Å²) in [5, 5.41) is 2.92. The predicted octanol–water partition coefficient (Wildman–Crippen LogP) is 3.14. The van der Waals surface area contributed by atoms with Gasteiger partial charge in [-0.05, 0) is 48.7 Å². The van der Waals surface area contributed by atoms with Crippen molar-refractivity contribution in [3.63, 3.8) is 0 Å². The smallest absolute Gasteiger partial charge is 0.243 e. The van der Waals surface area contributed by atoms with Gasteiger partial charge in [-0.1, -0.05) is 12.1 Å². The van der Waals surface area contributed by atoms with Crippen molar-refractivity contribution in [1.29, 1.82) is 0 Å². The van der Waals surface area contributed by atoms with Crippen molar-refractivity contribution in [2.45, 2.75) is 23.8 Å². The molecule has 0 bridgehead atoms. The number of aryl methyl sites for hydroxylation is 1. The Morgan fingerprint density at radius 3 is 2.44 bits per heavy atom. The fraction of sp³-hybridized carbons (Fsp3) is 0.304. The normalized spacial score (nSPS) is 16.4. The molecule has 1 amide bonds. The van der Waals surface area contributed by atoms with E-state index in [4.69, 9.17) is 0 Å². The predicted molar refractivity (Wildman–Crippen MR) is 117 cm³/mol. The van der Waals surface area contributed by atoms with Gasteiger partial charge in [-0.2, -0.15) is 4.31 Å². The summed E-state index contributed by atoms with van der Waals surface area (Å²) in [4.78, 5) is 17.0. The number of carbonyl (C=O) groups is 1. The highest BCUT2D eigenvalue weighted by Crippen LogP contribution is 2.27. The molecule has 2 aromatic carbocycles. The first-order valence-electron chi connectivity index (χ1n) is 10.6. The molecule has 1 fully saturated rings. The van der Waals surface area contributed by atoms with Crippen molar-refractivity contribution < 1.29 is 26.4 Å². The van der Waals surface area contributed by atoms with Crippen LogP contribution in [-0.2, 0) is 21.9 Å². The molecular weight excluding hydrogens is 469 g/mol. The van der Waals surface area contributed by atoms with Crippen molar-refractivity contribution in [2.24, 2.45) is 13.0 Å². The van der Waals surface area contributed by atoms with Gasteiger partial charge < -0.3 is 9.88 Å². The lowest BCUT2D eigenvalue weighted by molar-refractivity contribution is -0.126. The second-order valence-corrected chi connectivity index (χ2v) is 10.1. The van der Waals surface area contributed by atoms with Gasteiger partial charge in [0, 0.05) is 38.4 Å². The Morgan fingerprint density at radius 1 is 1.09 bits per heavy atom. The van der Waals surface area contributed by atoms with E-state index in [1.807, 2.05) is 0 Å². The Kier molecular flexibility index (Phi) is 6.76. The van der Waals surface area contributed by atoms with E-state index in [0.29, 0.717) is 17.5 Å². The highest BCUT2D eigenvalue weighted by molar-refractivity contribution is 7.89. The molecule has 180 valence electrons. The minimum absolute atomic E-state index is 0.0481. The molecule has 1 aromatic heterocycles. The number of piperidine rings is 1. The molecule has 1 saturated heterocycles. The molecule has 0 saturated carbocycles. The van der Waals surface area contributed by atoms with Crippen LogP contribution in [0.3, 0.4) is 0 Å². The first kappa shape index (κ1) is 24.0. The molecule has 0 spiro atoms. The van der Waals surface area contributed by atoms with Gasteiger partial charge in [-0.3, -0.25) is 4.79 Å². The lowest BCUT2D eigenvalue weighted by atomic mass is 9.96. The van der Waals surface area contributed by atoms with Crippen LogP contribution >= 0.6 is 0 Å². The fourth-order valence-corrected chi connectivity index (χ4v) is 5.53. The Morgan fingerprint density at radius 2 is 1.82 bits per heavy atom. The monoisotopic (exact) mass is 492 g/mol. The first-order valence-corrected chi connectivity index (χ1v) is 12.1. The third kappa shape index (κ3) is 4.85. The van der Waals surface area contributed by atoms with Crippen molar-refractivity contribution >= 4 is 15.9 Å². The second-order valence-electron chi connectivity index (χ2n) is 8.15. The summed E-state index contributed by atoms with van der Waals surface area (Å²) in [7, 11) is -2.26. The molecule has 0 unspecified atom stereocenters. The van der Waals surface area contributed by atoms with E-state index in [1.165, 1.54) is 12.1 Å². The number of aromatic nitrogens is 2. The number of nitrogens with zero attached hydrogens (tertiary/aromatic N) is 3. The molecule has 1 aliphatic rings. The quantitative estimate of drug-likeness (QED) is 0.573. The van der Waals surface area contributed by atoms with Crippen LogP contribution in [0.15, 0.2) is 59.8 Å². The maximum atomic E-state index is 13.9. The van der Waals surface area contributed by atoms with Crippen molar-refractivity contribution in [3.8, 4) is 0 Å². The SMILES string of the molecule is Cn1ccnc1[C@H](NC(=O)C1CCN(S(=O)(=O)c2ccc(F)c(F)c2)CC1)c1cccc(F)c1. The van der Waals surface area contributed by atoms with Crippen LogP contribution < -0.4 is 5.32 Å². The first-order chi connectivity index (χ1) is 16.2. The van der Waals surface area contributed by atoms with Gasteiger partial charge in [-0.25, -0.2) is 26.6 Å². The Balaban J connectivity index is 1.47. The van der Waals surface area contributed by atoms with E-state index in [1.54, 1.807) is 36.1 Å². The highest BCUT2D eigenvalue weighted by atomic mass is 32.2. The number of rotatable bonds is 6. The molecule has 0 radical (unpaired) electrons. The number of hydrogen-bond acceptors (Lipinski definition) is 4. The van der Waals surface area contributed by atoms with Gasteiger partial charge in [0.15, 0.2) is 11.6 Å². The number of halogens is 3. The molecule has 3 aromatic rings. The zero-order valence-corrected chi connectivity index (χ0v) is 19.1. The number of nitrogens with one attached hydrogen (secondary N) is 1. The standard InChI is InChI=1S/C23H23F3N4O3S/c1-29-12-9-27-22(29)21(16-3-2-4-17(24)13-16)28-23(31)15-7-10-30(11-8-15)34(32,33)18-5-6-19(25)20(26)14-18/h2-6,9,12-15,21H,7-8,10-11H2,1H3,(H,28,31)/t21-/m1/s1. The van der Waals surface area contributed by atoms with Gasteiger partial charge >= 0.3 is 0 Å². The number of amides is 1. The average Bonchev–Trinajstić information content (AvgIpc) is 3.24. The Labute approximate surface area is 195 Å². The summed E-state index contributed by atoms with van der Waals surface area (Å²) in [6.07, 6.45) is 3.78. The molecular formula is C23H23F3N4O3S. The van der Waals surface area contributed by atoms with E-state index in [9.17, 15) is 26.4 Å². The third-order valence-electron chi connectivity index (χ3n) is 5.94. The van der Waals surface area contributed by atoms with Crippen LogP contribution in [0, 0.1) is 23.4 Å². The molecule has 34 heavy (non-hydrogen) atoms. The van der Waals surface area contributed by atoms with Gasteiger partial charge in [-0.15, -0.1) is 0 Å². The molecule has 1 atom stereocenters. The summed E-state index contributed by atoms with van der Waals surface area (Å²) in [6, 6.07) is 7.64. The molecule has 7 nitrogen and oxygen atoms in total. The van der Waals surface area contributed by atoms with Gasteiger partial charge in [0.25, 0.3) is 0 Å². The van der Waals surface area contributed by atoms with E-state index in [2.05, 4.69) is 10.3 Å². The summed E-state index contributed by atoms with van der Waals surface area (Å²) >= 11 is 0. The number of benzene rings is 2. The Bertz CT molecular complexity index is 1300. The number of sulfonamides is 1. The van der Waals surface area contributed by atoms with Crippen LogP contribution in [0.25, 0.3) is 0 Å². The van der Waals surface area contributed by atoms with E-state index >= 15 is 0 Å². The lowest BCUT2D eigenvalue weighted by Crippen LogP contribution is -2.44. The van der Waals surface area contributed by atoms with Gasteiger partial charge in [0.2, 0.25) is 15.9 Å². The maximum Gasteiger partial charge on any atom is 0.243 e. The molecule has 0 aliphatic carbocycles. The molecule has 1 aliphatic heterocycles. The van der Waals surface area contributed by atoms with E-state index < -0.39 is 39.4 Å². The zero-order valence-electron chi connectivity index (χ0n) is 18.3. The van der Waals surface area contributed by atoms with Crippen molar-refractivity contribution in [3.05, 3.63) is 83.7 Å². The summed E-state index contributed by atoms with van der Waals surface area (Å²) < 4.78 is 69.1. The molecule has 11 heteroatoms. The summed E-state index contributed by atoms with van der Waals surface area (Å²) in [6.45, 7) is 0.0961. The lowest BCUT2D eigenvalue weighted by Gasteiger charge is -2.31. The van der Waals surface area contributed by atoms with Crippen LogP contribution in [0.5, 0.6) is 0 Å². The largest absolute Gasteiger partial charge is 0.342 e. The average molecular weight is 493 g/mol. The zero-order chi connectivity index (χ0) is 24.5. The maximum absolute atomic E-state index is 13.9. The number of hydrogen-bond donors (Lipinski definition) is 1. The summed E-state index contributed by atoms with van der Waals surface area (Å²) in [5.74, 6) is -3.07.